The molecule has 2 aromatic carbocycles. The number of rotatable bonds is 6. The molecule has 0 amide bonds. The average molecular weight is 331 g/mol. The quantitative estimate of drug-likeness (QED) is 0.689. The maximum Gasteiger partial charge on any atom is 0.138 e. The Morgan fingerprint density at radius 2 is 1.91 bits per heavy atom. The van der Waals surface area contributed by atoms with E-state index >= 15 is 0 Å². The van der Waals surface area contributed by atoms with Crippen LogP contribution in [0.3, 0.4) is 0 Å². The molecule has 0 aliphatic heterocycles. The number of aryl methyl sites for hydroxylation is 1. The zero-order valence-electron chi connectivity index (χ0n) is 12.9. The van der Waals surface area contributed by atoms with Crippen molar-refractivity contribution in [3.05, 3.63) is 59.4 Å². The fourth-order valence-electron chi connectivity index (χ4n) is 2.61. The molecule has 5 heteroatoms. The van der Waals surface area contributed by atoms with E-state index in [0.717, 1.165) is 24.0 Å². The third-order valence-corrected chi connectivity index (χ3v) is 3.99. The van der Waals surface area contributed by atoms with Crippen LogP contribution in [-0.4, -0.2) is 21.3 Å². The fourth-order valence-corrected chi connectivity index (χ4v) is 2.80. The zero-order chi connectivity index (χ0) is 16.2. The molecule has 1 atom stereocenters. The molecule has 0 spiro atoms. The predicted molar refractivity (Wildman–Crippen MR) is 91.9 cm³/mol. The molecule has 23 heavy (non-hydrogen) atoms. The molecule has 0 aliphatic rings. The van der Waals surface area contributed by atoms with Crippen LogP contribution in [0.2, 0.25) is 5.02 Å². The highest BCUT2D eigenvalue weighted by Crippen LogP contribution is 2.24. The molecule has 1 heterocycles. The summed E-state index contributed by atoms with van der Waals surface area (Å²) < 4.78 is 7.77. The van der Waals surface area contributed by atoms with Gasteiger partial charge in [-0.3, -0.25) is 0 Å². The molecule has 4 nitrogen and oxygen atoms in total. The summed E-state index contributed by atoms with van der Waals surface area (Å²) in [5.74, 6) is 1.38. The first kappa shape index (κ1) is 15.8. The Hall–Kier alpha value is -2.04. The summed E-state index contributed by atoms with van der Waals surface area (Å²) in [5.41, 5.74) is 1.93. The highest BCUT2D eigenvalue weighted by molar-refractivity contribution is 6.32. The Bertz CT molecular complexity index is 799. The Kier molecular flexibility index (Phi) is 4.84. The number of nitrogens with zero attached hydrogens (tertiary/aromatic N) is 2. The van der Waals surface area contributed by atoms with Crippen molar-refractivity contribution >= 4 is 22.6 Å². The fraction of sp³-hybridized carbons (Fsp3) is 0.278. The van der Waals surface area contributed by atoms with Gasteiger partial charge in [0.2, 0.25) is 0 Å². The lowest BCUT2D eigenvalue weighted by Gasteiger charge is -2.12. The van der Waals surface area contributed by atoms with Gasteiger partial charge < -0.3 is 14.4 Å². The number of halogens is 1. The molecular formula is C18H19ClN2O2. The highest BCUT2D eigenvalue weighted by Gasteiger charge is 2.14. The van der Waals surface area contributed by atoms with E-state index in [0.29, 0.717) is 23.2 Å². The minimum atomic E-state index is -0.605. The number of hydrogen-bond acceptors (Lipinski definition) is 3. The average Bonchev–Trinajstić information content (AvgIpc) is 2.92. The molecule has 1 N–H and O–H groups in total. The molecule has 3 rings (SSSR count). The van der Waals surface area contributed by atoms with Crippen molar-refractivity contribution in [2.24, 2.45) is 0 Å². The Labute approximate surface area is 140 Å². The first-order valence-electron chi connectivity index (χ1n) is 7.67. The summed E-state index contributed by atoms with van der Waals surface area (Å²) >= 11 is 6.07. The Morgan fingerprint density at radius 1 is 1.17 bits per heavy atom. The van der Waals surface area contributed by atoms with Crippen molar-refractivity contribution in [1.82, 2.24) is 9.55 Å². The van der Waals surface area contributed by atoms with Gasteiger partial charge in [0, 0.05) is 6.54 Å². The lowest BCUT2D eigenvalue weighted by Crippen LogP contribution is -2.10. The third-order valence-electron chi connectivity index (χ3n) is 3.68. The van der Waals surface area contributed by atoms with Crippen LogP contribution in [0.25, 0.3) is 11.0 Å². The van der Waals surface area contributed by atoms with Crippen LogP contribution >= 0.6 is 11.6 Å². The number of benzene rings is 2. The third kappa shape index (κ3) is 3.49. The van der Waals surface area contributed by atoms with Crippen molar-refractivity contribution in [2.75, 3.05) is 6.61 Å². The summed E-state index contributed by atoms with van der Waals surface area (Å²) in [7, 11) is 0. The van der Waals surface area contributed by atoms with Gasteiger partial charge in [-0.05, 0) is 37.6 Å². The zero-order valence-corrected chi connectivity index (χ0v) is 13.7. The molecular weight excluding hydrogens is 312 g/mol. The summed E-state index contributed by atoms with van der Waals surface area (Å²) in [6, 6.07) is 15.3. The first-order valence-corrected chi connectivity index (χ1v) is 8.05. The Morgan fingerprint density at radius 3 is 2.70 bits per heavy atom. The summed E-state index contributed by atoms with van der Waals surface area (Å²) in [6.45, 7) is 3.01. The predicted octanol–water partition coefficient (Wildman–Crippen LogP) is 4.21. The van der Waals surface area contributed by atoms with Gasteiger partial charge in [0.15, 0.2) is 0 Å². The second-order valence-electron chi connectivity index (χ2n) is 5.42. The number of aromatic nitrogens is 2. The van der Waals surface area contributed by atoms with E-state index in [-0.39, 0.29) is 0 Å². The van der Waals surface area contributed by atoms with Crippen molar-refractivity contribution < 1.29 is 9.84 Å². The maximum absolute atomic E-state index is 9.94. The molecule has 0 unspecified atom stereocenters. The monoisotopic (exact) mass is 330 g/mol. The molecule has 3 aromatic rings. The minimum absolute atomic E-state index is 0.551. The van der Waals surface area contributed by atoms with Crippen LogP contribution in [0.1, 0.15) is 25.3 Å². The van der Waals surface area contributed by atoms with Crippen molar-refractivity contribution in [3.8, 4) is 5.75 Å². The van der Waals surface area contributed by atoms with E-state index in [4.69, 9.17) is 16.3 Å². The first-order chi connectivity index (χ1) is 11.2. The van der Waals surface area contributed by atoms with Gasteiger partial charge in [-0.2, -0.15) is 0 Å². The number of ether oxygens (including phenoxy) is 1. The van der Waals surface area contributed by atoms with Crippen LogP contribution in [0, 0.1) is 0 Å². The van der Waals surface area contributed by atoms with E-state index in [1.807, 2.05) is 48.5 Å². The van der Waals surface area contributed by atoms with Crippen molar-refractivity contribution in [2.45, 2.75) is 26.0 Å². The van der Waals surface area contributed by atoms with E-state index in [1.54, 1.807) is 6.92 Å². The number of hydrogen-bond donors (Lipinski definition) is 1. The van der Waals surface area contributed by atoms with Crippen LogP contribution in [0.4, 0.5) is 0 Å². The molecule has 0 aliphatic carbocycles. The molecule has 0 bridgehead atoms. The topological polar surface area (TPSA) is 47.3 Å². The van der Waals surface area contributed by atoms with Crippen LogP contribution in [0.5, 0.6) is 5.75 Å². The van der Waals surface area contributed by atoms with Gasteiger partial charge in [0.05, 0.1) is 22.7 Å². The maximum atomic E-state index is 9.94. The number of fused-ring (bicyclic) bond motifs is 1. The number of aliphatic hydroxyl groups excluding tert-OH is 1. The molecule has 0 saturated heterocycles. The van der Waals surface area contributed by atoms with E-state index < -0.39 is 6.10 Å². The largest absolute Gasteiger partial charge is 0.492 e. The van der Waals surface area contributed by atoms with Gasteiger partial charge in [-0.1, -0.05) is 35.9 Å². The highest BCUT2D eigenvalue weighted by atomic mass is 35.5. The van der Waals surface area contributed by atoms with Crippen molar-refractivity contribution in [1.29, 1.82) is 0 Å². The molecule has 1 aromatic heterocycles. The Balaban J connectivity index is 1.69. The lowest BCUT2D eigenvalue weighted by molar-refractivity contribution is 0.183. The number of para-hydroxylation sites is 3. The van der Waals surface area contributed by atoms with Gasteiger partial charge in [-0.25, -0.2) is 4.98 Å². The second kappa shape index (κ2) is 7.02. The van der Waals surface area contributed by atoms with Gasteiger partial charge in [0.1, 0.15) is 17.7 Å². The van der Waals surface area contributed by atoms with Gasteiger partial charge in [-0.15, -0.1) is 0 Å². The van der Waals surface area contributed by atoms with Crippen LogP contribution in [-0.2, 0) is 6.54 Å². The standard InChI is InChI=1S/C18H19ClN2O2/c1-13(22)18-20-15-8-3-4-9-16(15)21(18)11-6-12-23-17-10-5-2-7-14(17)19/h2-5,7-10,13,22H,6,11-12H2,1H3/t13-/m0/s1. The molecule has 0 saturated carbocycles. The summed E-state index contributed by atoms with van der Waals surface area (Å²) in [4.78, 5) is 4.51. The van der Waals surface area contributed by atoms with Crippen LogP contribution in [0.15, 0.2) is 48.5 Å². The van der Waals surface area contributed by atoms with E-state index in [1.165, 1.54) is 0 Å². The number of aliphatic hydroxyl groups is 1. The van der Waals surface area contributed by atoms with Gasteiger partial charge >= 0.3 is 0 Å². The summed E-state index contributed by atoms with van der Waals surface area (Å²) in [6.07, 6.45) is 0.192. The van der Waals surface area contributed by atoms with E-state index in [2.05, 4.69) is 9.55 Å². The van der Waals surface area contributed by atoms with Crippen LogP contribution < -0.4 is 4.74 Å². The number of imidazole rings is 1. The normalized spacial score (nSPS) is 12.5. The van der Waals surface area contributed by atoms with E-state index in [9.17, 15) is 5.11 Å². The summed E-state index contributed by atoms with van der Waals surface area (Å²) in [5, 5.41) is 10.6. The second-order valence-corrected chi connectivity index (χ2v) is 5.83. The molecule has 0 radical (unpaired) electrons. The SMILES string of the molecule is C[C@H](O)c1nc2ccccc2n1CCCOc1ccccc1Cl. The smallest absolute Gasteiger partial charge is 0.138 e. The van der Waals surface area contributed by atoms with Gasteiger partial charge in [0.25, 0.3) is 0 Å². The lowest BCUT2D eigenvalue weighted by atomic mass is 10.3. The minimum Gasteiger partial charge on any atom is -0.492 e. The van der Waals surface area contributed by atoms with Crippen molar-refractivity contribution in [3.63, 3.8) is 0 Å². The molecule has 120 valence electrons. The molecule has 0 fully saturated rings.